The van der Waals surface area contributed by atoms with Gasteiger partial charge in [-0.2, -0.15) is 6.92 Å². The zero-order chi connectivity index (χ0) is 6.24. The van der Waals surface area contributed by atoms with Gasteiger partial charge in [0.15, 0.2) is 0 Å². The molecule has 0 aliphatic rings. The summed E-state index contributed by atoms with van der Waals surface area (Å²) in [5, 5.41) is 6.96. The van der Waals surface area contributed by atoms with E-state index in [9.17, 15) is 0 Å². The fourth-order valence-corrected chi connectivity index (χ4v) is 0.391. The molecule has 0 unspecified atom stereocenters. The summed E-state index contributed by atoms with van der Waals surface area (Å²) in [6, 6.07) is 0. The maximum absolute atomic E-state index is 3.51. The van der Waals surface area contributed by atoms with Gasteiger partial charge in [-0.3, -0.25) is 0 Å². The standard InChI is InChI=1S/C5H8N2S.Y/c1-3-6-7-5-8-4-2;/h4H2,1-2H3;/q-2;. The molecule has 0 aliphatic carbocycles. The molecule has 0 saturated heterocycles. The molecule has 0 aliphatic heterocycles. The summed E-state index contributed by atoms with van der Waals surface area (Å²) in [5.74, 6) is 0.989. The number of nitrogens with zero attached hydrogens (tertiary/aromatic N) is 2. The summed E-state index contributed by atoms with van der Waals surface area (Å²) in [4.78, 5) is 0. The van der Waals surface area contributed by atoms with Crippen molar-refractivity contribution in [1.29, 1.82) is 0 Å². The van der Waals surface area contributed by atoms with Crippen molar-refractivity contribution < 1.29 is 32.7 Å². The number of hydrogen-bond acceptors (Lipinski definition) is 3. The average Bonchev–Trinajstić information content (AvgIpc) is 1.81. The van der Waals surface area contributed by atoms with Crippen LogP contribution < -0.4 is 0 Å². The second kappa shape index (κ2) is 11.6. The monoisotopic (exact) mass is 217 g/mol. The minimum absolute atomic E-state index is 0. The Morgan fingerprint density at radius 2 is 2.11 bits per heavy atom. The summed E-state index contributed by atoms with van der Waals surface area (Å²) < 4.78 is 0. The molecule has 0 aromatic heterocycles. The Kier molecular flexibility index (Phi) is 16.0. The zero-order valence-corrected chi connectivity index (χ0v) is 9.24. The van der Waals surface area contributed by atoms with E-state index in [1.807, 2.05) is 6.92 Å². The third-order valence-electron chi connectivity index (χ3n) is 0.400. The predicted octanol–water partition coefficient (Wildman–Crippen LogP) is 1.52. The van der Waals surface area contributed by atoms with Gasteiger partial charge in [0, 0.05) is 32.7 Å². The second-order valence-corrected chi connectivity index (χ2v) is 2.00. The van der Waals surface area contributed by atoms with E-state index >= 15 is 0 Å². The molecular weight excluding hydrogens is 209 g/mol. The first-order valence-electron chi connectivity index (χ1n) is 2.35. The van der Waals surface area contributed by atoms with Gasteiger partial charge in [0.05, 0.1) is 0 Å². The molecule has 0 amide bonds. The SMILES string of the molecule is C[C-]=NN=[C-]SCC.[Y]. The largest absolute Gasteiger partial charge is 0.413 e. The van der Waals surface area contributed by atoms with Crippen molar-refractivity contribution in [2.45, 2.75) is 13.8 Å². The molecule has 0 saturated carbocycles. The first-order chi connectivity index (χ1) is 3.91. The van der Waals surface area contributed by atoms with Crippen LogP contribution in [-0.4, -0.2) is 17.5 Å². The first-order valence-corrected chi connectivity index (χ1v) is 3.33. The van der Waals surface area contributed by atoms with Crippen LogP contribution in [0.1, 0.15) is 13.8 Å². The van der Waals surface area contributed by atoms with Crippen LogP contribution in [0.2, 0.25) is 0 Å². The van der Waals surface area contributed by atoms with Crippen LogP contribution in [0.3, 0.4) is 0 Å². The van der Waals surface area contributed by atoms with Crippen LogP contribution in [0.25, 0.3) is 0 Å². The van der Waals surface area contributed by atoms with Crippen LogP contribution in [0, 0.1) is 0 Å². The molecule has 0 aromatic rings. The van der Waals surface area contributed by atoms with E-state index in [4.69, 9.17) is 0 Å². The predicted molar refractivity (Wildman–Crippen MR) is 38.7 cm³/mol. The van der Waals surface area contributed by atoms with Gasteiger partial charge in [-0.25, -0.2) is 0 Å². The summed E-state index contributed by atoms with van der Waals surface area (Å²) in [7, 11) is 0. The maximum atomic E-state index is 3.51. The van der Waals surface area contributed by atoms with Gasteiger partial charge in [0.25, 0.3) is 0 Å². The van der Waals surface area contributed by atoms with E-state index in [0.717, 1.165) is 5.75 Å². The van der Waals surface area contributed by atoms with Crippen molar-refractivity contribution in [3.63, 3.8) is 0 Å². The van der Waals surface area contributed by atoms with Gasteiger partial charge in [0.2, 0.25) is 0 Å². The topological polar surface area (TPSA) is 24.7 Å². The molecule has 0 bridgehead atoms. The van der Waals surface area contributed by atoms with Crippen molar-refractivity contribution in [2.75, 3.05) is 5.75 Å². The Hall–Kier alpha value is 0.794. The van der Waals surface area contributed by atoms with E-state index in [1.165, 1.54) is 11.8 Å². The van der Waals surface area contributed by atoms with E-state index in [-0.39, 0.29) is 32.7 Å². The van der Waals surface area contributed by atoms with Gasteiger partial charge in [0.1, 0.15) is 0 Å². The Bertz CT molecular complexity index is 93.0. The Morgan fingerprint density at radius 3 is 2.56 bits per heavy atom. The first kappa shape index (κ1) is 12.5. The van der Waals surface area contributed by atoms with Crippen LogP contribution in [0.15, 0.2) is 10.2 Å². The van der Waals surface area contributed by atoms with E-state index in [1.54, 1.807) is 6.92 Å². The van der Waals surface area contributed by atoms with Crippen molar-refractivity contribution >= 4 is 23.5 Å². The Labute approximate surface area is 85.5 Å². The van der Waals surface area contributed by atoms with E-state index in [2.05, 4.69) is 22.0 Å². The smallest absolute Gasteiger partial charge is 0 e. The molecule has 2 nitrogen and oxygen atoms in total. The molecule has 0 aromatic carbocycles. The fraction of sp³-hybridized carbons (Fsp3) is 0.600. The molecule has 0 atom stereocenters. The van der Waals surface area contributed by atoms with Crippen molar-refractivity contribution in [3.05, 3.63) is 0 Å². The average molecular weight is 217 g/mol. The van der Waals surface area contributed by atoms with Crippen molar-refractivity contribution in [3.8, 4) is 0 Å². The van der Waals surface area contributed by atoms with E-state index in [0.29, 0.717) is 0 Å². The minimum Gasteiger partial charge on any atom is -0.413 e. The molecule has 0 heterocycles. The Morgan fingerprint density at radius 1 is 1.44 bits per heavy atom. The quantitative estimate of drug-likeness (QED) is 0.304. The van der Waals surface area contributed by atoms with Crippen LogP contribution >= 0.6 is 11.8 Å². The Balaban J connectivity index is 0. The van der Waals surface area contributed by atoms with Gasteiger partial charge in [-0.15, -0.1) is 0 Å². The van der Waals surface area contributed by atoms with Crippen molar-refractivity contribution in [1.82, 2.24) is 0 Å². The third-order valence-corrected chi connectivity index (χ3v) is 0.899. The number of hydrogen-bond donors (Lipinski definition) is 0. The van der Waals surface area contributed by atoms with Crippen molar-refractivity contribution in [2.24, 2.45) is 10.2 Å². The minimum atomic E-state index is 0. The molecule has 0 N–H and O–H groups in total. The van der Waals surface area contributed by atoms with E-state index < -0.39 is 0 Å². The summed E-state index contributed by atoms with van der Waals surface area (Å²) in [5.41, 5.74) is 2.65. The van der Waals surface area contributed by atoms with Crippen LogP contribution in [0.5, 0.6) is 0 Å². The zero-order valence-electron chi connectivity index (χ0n) is 5.59. The normalized spacial score (nSPS) is 10.4. The fourth-order valence-electron chi connectivity index (χ4n) is 0.164. The summed E-state index contributed by atoms with van der Waals surface area (Å²) >= 11 is 1.50. The van der Waals surface area contributed by atoms with Gasteiger partial charge in [-0.1, -0.05) is 6.92 Å². The number of thioether (sulfide) groups is 1. The van der Waals surface area contributed by atoms with Crippen LogP contribution in [-0.2, 0) is 32.7 Å². The molecule has 49 valence electrons. The van der Waals surface area contributed by atoms with Gasteiger partial charge < -0.3 is 33.7 Å². The molecular formula is C5H8N2SY-2. The molecule has 0 fully saturated rings. The molecule has 9 heavy (non-hydrogen) atoms. The second-order valence-electron chi connectivity index (χ2n) is 0.948. The van der Waals surface area contributed by atoms with Gasteiger partial charge >= 0.3 is 0 Å². The summed E-state index contributed by atoms with van der Waals surface area (Å²) in [6.07, 6.45) is 2.51. The molecule has 0 rings (SSSR count). The van der Waals surface area contributed by atoms with Crippen LogP contribution in [0.4, 0.5) is 0 Å². The molecule has 0 spiro atoms. The maximum Gasteiger partial charge on any atom is 0 e. The molecule has 4 heteroatoms. The van der Waals surface area contributed by atoms with Gasteiger partial charge in [-0.05, 0) is 5.75 Å². The third kappa shape index (κ3) is 12.1. The summed E-state index contributed by atoms with van der Waals surface area (Å²) in [6.45, 7) is 3.73. The number of rotatable bonds is 3. The molecule has 1 radical (unpaired) electrons.